The number of nitrogens with zero attached hydrogens (tertiary/aromatic N) is 2. The Balaban J connectivity index is 2.51. The van der Waals surface area contributed by atoms with Gasteiger partial charge in [-0.15, -0.1) is 0 Å². The number of rotatable bonds is 8. The van der Waals surface area contributed by atoms with Crippen LogP contribution in [-0.4, -0.2) is 59.0 Å². The summed E-state index contributed by atoms with van der Waals surface area (Å²) in [6.07, 6.45) is 5.56. The summed E-state index contributed by atoms with van der Waals surface area (Å²) >= 11 is 0. The van der Waals surface area contributed by atoms with Crippen LogP contribution in [0.4, 0.5) is 16.2 Å². The predicted molar refractivity (Wildman–Crippen MR) is 153 cm³/mol. The summed E-state index contributed by atoms with van der Waals surface area (Å²) in [4.78, 5) is 46.2. The van der Waals surface area contributed by atoms with Crippen LogP contribution < -0.4 is 10.6 Å². The van der Waals surface area contributed by atoms with E-state index in [-0.39, 0.29) is 24.4 Å². The fourth-order valence-electron chi connectivity index (χ4n) is 3.56. The van der Waals surface area contributed by atoms with Crippen molar-refractivity contribution < 1.29 is 28.6 Å². The second-order valence-corrected chi connectivity index (χ2v) is 15.9. The van der Waals surface area contributed by atoms with E-state index >= 15 is 0 Å². The maximum Gasteiger partial charge on any atom is 0.411 e. The van der Waals surface area contributed by atoms with Crippen molar-refractivity contribution in [1.82, 2.24) is 0 Å². The van der Waals surface area contributed by atoms with E-state index in [1.165, 1.54) is 19.7 Å². The maximum atomic E-state index is 13.0. The van der Waals surface area contributed by atoms with E-state index in [0.717, 1.165) is 6.04 Å². The summed E-state index contributed by atoms with van der Waals surface area (Å²) in [5.74, 6) is -1.41. The standard InChI is InChI=1S/C27H40N4O6Si/c1-7-37-26(33)20-10-8-9-19(2)25(32)31-23-15-21(30-27(34)35-3)11-12-22(23)24(29-16-20)17-28-18-36-13-14-38(4,5)6/h11-12,15-20H,7-10,13-14H2,1-6H3,(H,30,34)(H,31,32)/b24-17-,28-18?,29-16?/t19-,20?/m1/s1. The van der Waals surface area contributed by atoms with Crippen molar-refractivity contribution >= 4 is 55.7 Å². The molecule has 38 heavy (non-hydrogen) atoms. The second kappa shape index (κ2) is 15.1. The lowest BCUT2D eigenvalue weighted by Gasteiger charge is -2.19. The predicted octanol–water partition coefficient (Wildman–Crippen LogP) is 5.56. The number of aliphatic imine (C=N–C) groups is 2. The number of hydrogen-bond donors (Lipinski definition) is 2. The van der Waals surface area contributed by atoms with E-state index in [2.05, 4.69) is 45.0 Å². The lowest BCUT2D eigenvalue weighted by atomic mass is 9.96. The SMILES string of the molecule is CCOC(=O)C1C=N/C(=C\N=COCC[Si](C)(C)C)c2ccc(NC(=O)OC)cc2NC(=O)[C@H](C)CCC1. The van der Waals surface area contributed by atoms with Crippen molar-refractivity contribution in [2.24, 2.45) is 21.8 Å². The third-order valence-corrected chi connectivity index (χ3v) is 7.57. The molecule has 2 rings (SSSR count). The molecule has 208 valence electrons. The number of benzene rings is 1. The molecule has 0 saturated heterocycles. The number of anilines is 2. The highest BCUT2D eigenvalue weighted by atomic mass is 28.3. The fraction of sp³-hybridized carbons (Fsp3) is 0.519. The average Bonchev–Trinajstić information content (AvgIpc) is 2.85. The zero-order valence-electron chi connectivity index (χ0n) is 23.2. The minimum Gasteiger partial charge on any atom is -0.483 e. The van der Waals surface area contributed by atoms with Gasteiger partial charge in [0.25, 0.3) is 0 Å². The molecule has 1 aromatic carbocycles. The first-order valence-corrected chi connectivity index (χ1v) is 16.6. The first-order valence-electron chi connectivity index (χ1n) is 12.9. The Morgan fingerprint density at radius 3 is 2.71 bits per heavy atom. The number of hydrogen-bond acceptors (Lipinski definition) is 8. The van der Waals surface area contributed by atoms with Crippen LogP contribution in [0, 0.1) is 11.8 Å². The van der Waals surface area contributed by atoms with Gasteiger partial charge in [-0.2, -0.15) is 0 Å². The molecule has 1 aromatic rings. The minimum atomic E-state index is -1.23. The molecule has 0 spiro atoms. The molecule has 0 fully saturated rings. The Labute approximate surface area is 225 Å². The number of carbonyl (C=O) groups is 3. The quantitative estimate of drug-likeness (QED) is 0.145. The molecule has 10 nitrogen and oxygen atoms in total. The molecule has 11 heteroatoms. The Morgan fingerprint density at radius 1 is 1.26 bits per heavy atom. The lowest BCUT2D eigenvalue weighted by molar-refractivity contribution is -0.145. The number of fused-ring (bicyclic) bond motifs is 1. The van der Waals surface area contributed by atoms with Crippen LogP contribution in [0.15, 0.2) is 34.4 Å². The molecule has 1 aliphatic heterocycles. The third kappa shape index (κ3) is 10.5. The zero-order chi connectivity index (χ0) is 28.1. The molecule has 0 aromatic heterocycles. The first-order chi connectivity index (χ1) is 18.0. The van der Waals surface area contributed by atoms with Crippen LogP contribution in [-0.2, 0) is 23.8 Å². The van der Waals surface area contributed by atoms with E-state index in [9.17, 15) is 14.4 Å². The van der Waals surface area contributed by atoms with Gasteiger partial charge >= 0.3 is 12.1 Å². The van der Waals surface area contributed by atoms with Gasteiger partial charge in [-0.1, -0.05) is 33.0 Å². The summed E-state index contributed by atoms with van der Waals surface area (Å²) in [5, 5.41) is 5.56. The van der Waals surface area contributed by atoms with Gasteiger partial charge < -0.3 is 19.5 Å². The van der Waals surface area contributed by atoms with Gasteiger partial charge in [0.05, 0.1) is 43.8 Å². The van der Waals surface area contributed by atoms with Crippen LogP contribution in [0.5, 0.6) is 0 Å². The Hall–Kier alpha value is -3.47. The molecule has 1 aliphatic rings. The van der Waals surface area contributed by atoms with E-state index in [4.69, 9.17) is 9.47 Å². The van der Waals surface area contributed by atoms with Crippen LogP contribution in [0.3, 0.4) is 0 Å². The number of methoxy groups -OCH3 is 1. The van der Waals surface area contributed by atoms with Crippen LogP contribution >= 0.6 is 0 Å². The summed E-state index contributed by atoms with van der Waals surface area (Å²) in [6.45, 7) is 11.2. The molecular weight excluding hydrogens is 504 g/mol. The number of amides is 2. The van der Waals surface area contributed by atoms with Gasteiger partial charge in [-0.3, -0.25) is 19.9 Å². The largest absolute Gasteiger partial charge is 0.483 e. The highest BCUT2D eigenvalue weighted by molar-refractivity contribution is 6.76. The van der Waals surface area contributed by atoms with E-state index in [1.54, 1.807) is 31.3 Å². The van der Waals surface area contributed by atoms with E-state index < -0.39 is 20.1 Å². The van der Waals surface area contributed by atoms with Gasteiger partial charge in [0, 0.05) is 31.5 Å². The molecule has 0 aliphatic carbocycles. The van der Waals surface area contributed by atoms with Gasteiger partial charge in [0.2, 0.25) is 5.91 Å². The highest BCUT2D eigenvalue weighted by Crippen LogP contribution is 2.30. The molecule has 2 N–H and O–H groups in total. The molecule has 0 saturated carbocycles. The number of nitrogens with one attached hydrogen (secondary N) is 2. The van der Waals surface area contributed by atoms with E-state index in [0.29, 0.717) is 48.5 Å². The maximum absolute atomic E-state index is 13.0. The summed E-state index contributed by atoms with van der Waals surface area (Å²) in [7, 11) is 0.0350. The van der Waals surface area contributed by atoms with E-state index in [1.807, 2.05) is 6.92 Å². The summed E-state index contributed by atoms with van der Waals surface area (Å²) < 4.78 is 15.5. The topological polar surface area (TPSA) is 128 Å². The van der Waals surface area contributed by atoms with Crippen molar-refractivity contribution in [2.75, 3.05) is 31.0 Å². The molecule has 1 heterocycles. The smallest absolute Gasteiger partial charge is 0.411 e. The normalized spacial score (nSPS) is 19.6. The lowest BCUT2D eigenvalue weighted by Crippen LogP contribution is -2.23. The Bertz CT molecular complexity index is 1060. The average molecular weight is 545 g/mol. The summed E-state index contributed by atoms with van der Waals surface area (Å²) in [6, 6.07) is 6.00. The number of ether oxygens (including phenoxy) is 3. The molecular formula is C27H40N4O6Si. The van der Waals surface area contributed by atoms with Crippen LogP contribution in [0.1, 0.15) is 38.7 Å². The van der Waals surface area contributed by atoms with Gasteiger partial charge in [-0.25, -0.2) is 9.79 Å². The van der Waals surface area contributed by atoms with Crippen LogP contribution in [0.25, 0.3) is 5.70 Å². The number of esters is 1. The van der Waals surface area contributed by atoms with Crippen molar-refractivity contribution in [3.8, 4) is 0 Å². The Kier molecular flexibility index (Phi) is 12.2. The fourth-order valence-corrected chi connectivity index (χ4v) is 4.29. The monoisotopic (exact) mass is 544 g/mol. The highest BCUT2D eigenvalue weighted by Gasteiger charge is 2.22. The second-order valence-electron chi connectivity index (χ2n) is 10.3. The van der Waals surface area contributed by atoms with Crippen molar-refractivity contribution in [2.45, 2.75) is 58.8 Å². The molecule has 1 unspecified atom stereocenters. The minimum absolute atomic E-state index is 0.184. The van der Waals surface area contributed by atoms with Gasteiger partial charge in [0.1, 0.15) is 0 Å². The van der Waals surface area contributed by atoms with Crippen molar-refractivity contribution in [3.05, 3.63) is 30.0 Å². The van der Waals surface area contributed by atoms with Gasteiger partial charge in [0.15, 0.2) is 6.40 Å². The Morgan fingerprint density at radius 2 is 2.03 bits per heavy atom. The van der Waals surface area contributed by atoms with Crippen LogP contribution in [0.2, 0.25) is 25.7 Å². The third-order valence-electron chi connectivity index (χ3n) is 5.87. The van der Waals surface area contributed by atoms with Crippen molar-refractivity contribution in [1.29, 1.82) is 0 Å². The number of carbonyl (C=O) groups excluding carboxylic acids is 3. The zero-order valence-corrected chi connectivity index (χ0v) is 24.2. The molecule has 2 amide bonds. The van der Waals surface area contributed by atoms with Crippen molar-refractivity contribution in [3.63, 3.8) is 0 Å². The summed E-state index contributed by atoms with van der Waals surface area (Å²) in [5.41, 5.74) is 1.82. The van der Waals surface area contributed by atoms with Gasteiger partial charge in [-0.05, 0) is 44.0 Å². The first kappa shape index (κ1) is 30.7. The molecule has 0 bridgehead atoms. The molecule has 2 atom stereocenters. The molecule has 0 radical (unpaired) electrons.